The summed E-state index contributed by atoms with van der Waals surface area (Å²) >= 11 is 0. The Morgan fingerprint density at radius 2 is 2.06 bits per heavy atom. The topological polar surface area (TPSA) is 24.5 Å². The van der Waals surface area contributed by atoms with E-state index in [1.807, 2.05) is 0 Å². The third kappa shape index (κ3) is 2.30. The molecule has 3 nitrogen and oxygen atoms in total. The Balaban J connectivity index is 1.77. The maximum Gasteiger partial charge on any atom is 0.0598 e. The van der Waals surface area contributed by atoms with Gasteiger partial charge in [0.2, 0.25) is 0 Å². The van der Waals surface area contributed by atoms with Gasteiger partial charge in [-0.2, -0.15) is 0 Å². The largest absolute Gasteiger partial charge is 0.379 e. The number of rotatable bonds is 3. The van der Waals surface area contributed by atoms with Crippen molar-refractivity contribution >= 4 is 0 Å². The SMILES string of the molecule is Cc1cccc(C2(CN3CCNCC3)COC2)c1. The molecular weight excluding hydrogens is 224 g/mol. The van der Waals surface area contributed by atoms with Crippen molar-refractivity contribution in [2.45, 2.75) is 12.3 Å². The van der Waals surface area contributed by atoms with Crippen LogP contribution in [0.5, 0.6) is 0 Å². The van der Waals surface area contributed by atoms with Crippen LogP contribution in [0, 0.1) is 6.92 Å². The van der Waals surface area contributed by atoms with E-state index in [1.165, 1.54) is 11.1 Å². The van der Waals surface area contributed by atoms with Gasteiger partial charge < -0.3 is 10.1 Å². The van der Waals surface area contributed by atoms with E-state index in [2.05, 4.69) is 41.4 Å². The van der Waals surface area contributed by atoms with E-state index < -0.39 is 0 Å². The van der Waals surface area contributed by atoms with E-state index >= 15 is 0 Å². The standard InChI is InChI=1S/C15H22N2O/c1-13-3-2-4-14(9-13)15(11-18-12-15)10-17-7-5-16-6-8-17/h2-4,9,16H,5-8,10-12H2,1H3. The van der Waals surface area contributed by atoms with Crippen LogP contribution in [0.2, 0.25) is 0 Å². The lowest BCUT2D eigenvalue weighted by Crippen LogP contribution is -2.57. The molecular formula is C15H22N2O. The van der Waals surface area contributed by atoms with Crippen LogP contribution in [-0.2, 0) is 10.2 Å². The Labute approximate surface area is 109 Å². The minimum absolute atomic E-state index is 0.239. The summed E-state index contributed by atoms with van der Waals surface area (Å²) in [5.74, 6) is 0. The van der Waals surface area contributed by atoms with Crippen LogP contribution in [0.25, 0.3) is 0 Å². The van der Waals surface area contributed by atoms with Gasteiger partial charge >= 0.3 is 0 Å². The second-order valence-corrected chi connectivity index (χ2v) is 5.67. The molecule has 0 aliphatic carbocycles. The molecule has 1 N–H and O–H groups in total. The van der Waals surface area contributed by atoms with Crippen molar-refractivity contribution in [2.24, 2.45) is 0 Å². The smallest absolute Gasteiger partial charge is 0.0598 e. The first-order chi connectivity index (χ1) is 8.78. The molecule has 0 radical (unpaired) electrons. The molecule has 98 valence electrons. The highest BCUT2D eigenvalue weighted by atomic mass is 16.5. The molecule has 3 heteroatoms. The number of piperazine rings is 1. The van der Waals surface area contributed by atoms with Gasteiger partial charge in [-0.15, -0.1) is 0 Å². The number of hydrogen-bond acceptors (Lipinski definition) is 3. The Hall–Kier alpha value is -0.900. The fraction of sp³-hybridized carbons (Fsp3) is 0.600. The summed E-state index contributed by atoms with van der Waals surface area (Å²) in [5, 5.41) is 3.41. The van der Waals surface area contributed by atoms with Crippen molar-refractivity contribution in [3.05, 3.63) is 35.4 Å². The summed E-state index contributed by atoms with van der Waals surface area (Å²) in [7, 11) is 0. The first-order valence-electron chi connectivity index (χ1n) is 6.87. The summed E-state index contributed by atoms with van der Waals surface area (Å²) in [6.07, 6.45) is 0. The van der Waals surface area contributed by atoms with Crippen molar-refractivity contribution < 1.29 is 4.74 Å². The van der Waals surface area contributed by atoms with Gasteiger partial charge in [0.15, 0.2) is 0 Å². The Morgan fingerprint density at radius 3 is 2.67 bits per heavy atom. The molecule has 2 aliphatic rings. The van der Waals surface area contributed by atoms with Gasteiger partial charge in [-0.1, -0.05) is 29.8 Å². The predicted molar refractivity (Wildman–Crippen MR) is 73.0 cm³/mol. The van der Waals surface area contributed by atoms with Crippen molar-refractivity contribution in [1.29, 1.82) is 0 Å². The second kappa shape index (κ2) is 5.00. The summed E-state index contributed by atoms with van der Waals surface area (Å²) in [6, 6.07) is 8.92. The zero-order valence-corrected chi connectivity index (χ0v) is 11.1. The second-order valence-electron chi connectivity index (χ2n) is 5.67. The monoisotopic (exact) mass is 246 g/mol. The summed E-state index contributed by atoms with van der Waals surface area (Å²) < 4.78 is 5.53. The molecule has 3 rings (SSSR count). The van der Waals surface area contributed by atoms with Gasteiger partial charge in [-0.05, 0) is 12.5 Å². The third-order valence-electron chi connectivity index (χ3n) is 4.12. The molecule has 0 bridgehead atoms. The molecule has 2 fully saturated rings. The van der Waals surface area contributed by atoms with Crippen LogP contribution >= 0.6 is 0 Å². The zero-order chi connectivity index (χ0) is 12.4. The first kappa shape index (κ1) is 12.2. The van der Waals surface area contributed by atoms with Gasteiger partial charge in [-0.3, -0.25) is 4.90 Å². The van der Waals surface area contributed by atoms with Crippen molar-refractivity contribution in [3.63, 3.8) is 0 Å². The van der Waals surface area contributed by atoms with E-state index in [-0.39, 0.29) is 5.41 Å². The first-order valence-corrected chi connectivity index (χ1v) is 6.87. The molecule has 2 aliphatic heterocycles. The summed E-state index contributed by atoms with van der Waals surface area (Å²) in [4.78, 5) is 2.57. The molecule has 2 saturated heterocycles. The fourth-order valence-corrected chi connectivity index (χ4v) is 2.97. The molecule has 0 spiro atoms. The van der Waals surface area contributed by atoms with Gasteiger partial charge in [0, 0.05) is 32.7 Å². The molecule has 1 aromatic carbocycles. The van der Waals surface area contributed by atoms with Gasteiger partial charge in [-0.25, -0.2) is 0 Å². The maximum atomic E-state index is 5.53. The van der Waals surface area contributed by atoms with Crippen LogP contribution in [0.1, 0.15) is 11.1 Å². The van der Waals surface area contributed by atoms with Gasteiger partial charge in [0.1, 0.15) is 0 Å². The van der Waals surface area contributed by atoms with Crippen LogP contribution in [0.4, 0.5) is 0 Å². The van der Waals surface area contributed by atoms with E-state index in [0.29, 0.717) is 0 Å². The number of hydrogen-bond donors (Lipinski definition) is 1. The number of nitrogens with zero attached hydrogens (tertiary/aromatic N) is 1. The molecule has 0 atom stereocenters. The van der Waals surface area contributed by atoms with Gasteiger partial charge in [0.05, 0.1) is 18.6 Å². The predicted octanol–water partition coefficient (Wildman–Crippen LogP) is 1.17. The Morgan fingerprint density at radius 1 is 1.28 bits per heavy atom. The lowest BCUT2D eigenvalue weighted by atomic mass is 9.77. The van der Waals surface area contributed by atoms with Crippen molar-refractivity contribution in [3.8, 4) is 0 Å². The number of benzene rings is 1. The van der Waals surface area contributed by atoms with Crippen LogP contribution in [0.3, 0.4) is 0 Å². The van der Waals surface area contributed by atoms with Crippen LogP contribution < -0.4 is 5.32 Å². The minimum atomic E-state index is 0.239. The van der Waals surface area contributed by atoms with E-state index in [0.717, 1.165) is 45.9 Å². The van der Waals surface area contributed by atoms with Crippen molar-refractivity contribution in [2.75, 3.05) is 45.9 Å². The minimum Gasteiger partial charge on any atom is -0.379 e. The number of aryl methyl sites for hydroxylation is 1. The highest BCUT2D eigenvalue weighted by molar-refractivity contribution is 5.32. The number of ether oxygens (including phenoxy) is 1. The maximum absolute atomic E-state index is 5.53. The molecule has 0 amide bonds. The zero-order valence-electron chi connectivity index (χ0n) is 11.1. The lowest BCUT2D eigenvalue weighted by molar-refractivity contribution is -0.0756. The normalized spacial score (nSPS) is 23.6. The molecule has 1 aromatic rings. The van der Waals surface area contributed by atoms with Crippen LogP contribution in [-0.4, -0.2) is 50.8 Å². The van der Waals surface area contributed by atoms with E-state index in [9.17, 15) is 0 Å². The average Bonchev–Trinajstić information content (AvgIpc) is 2.35. The summed E-state index contributed by atoms with van der Waals surface area (Å²) in [5.41, 5.74) is 3.04. The third-order valence-corrected chi connectivity index (χ3v) is 4.12. The number of nitrogens with one attached hydrogen (secondary N) is 1. The Bertz CT molecular complexity index is 409. The molecule has 18 heavy (non-hydrogen) atoms. The highest BCUT2D eigenvalue weighted by Gasteiger charge is 2.41. The molecule has 0 unspecified atom stereocenters. The average molecular weight is 246 g/mol. The quantitative estimate of drug-likeness (QED) is 0.866. The summed E-state index contributed by atoms with van der Waals surface area (Å²) in [6.45, 7) is 9.61. The molecule has 0 aromatic heterocycles. The van der Waals surface area contributed by atoms with Crippen molar-refractivity contribution in [1.82, 2.24) is 10.2 Å². The highest BCUT2D eigenvalue weighted by Crippen LogP contribution is 2.33. The fourth-order valence-electron chi connectivity index (χ4n) is 2.97. The van der Waals surface area contributed by atoms with E-state index in [1.54, 1.807) is 0 Å². The van der Waals surface area contributed by atoms with Crippen LogP contribution in [0.15, 0.2) is 24.3 Å². The Kier molecular flexibility index (Phi) is 3.37. The van der Waals surface area contributed by atoms with Gasteiger partial charge in [0.25, 0.3) is 0 Å². The lowest BCUT2D eigenvalue weighted by Gasteiger charge is -2.46. The molecule has 2 heterocycles. The molecule has 0 saturated carbocycles. The van der Waals surface area contributed by atoms with E-state index in [4.69, 9.17) is 4.74 Å².